The highest BCUT2D eigenvalue weighted by atomic mass is 32.2. The fraction of sp³-hybridized carbons (Fsp3) is 0.600. The van der Waals surface area contributed by atoms with E-state index >= 15 is 0 Å². The SMILES string of the molecule is Cc1ccc(S(=O)(=O)OCC2(CN=[N+]=[N-])COC(C)(C)OC2)cc1. The zero-order valence-corrected chi connectivity index (χ0v) is 14.7. The summed E-state index contributed by atoms with van der Waals surface area (Å²) in [6, 6.07) is 6.37. The molecule has 1 aliphatic heterocycles. The number of azide groups is 1. The Morgan fingerprint density at radius 2 is 1.83 bits per heavy atom. The molecule has 1 saturated heterocycles. The molecule has 0 aromatic heterocycles. The number of benzene rings is 1. The Balaban J connectivity index is 2.12. The average Bonchev–Trinajstić information content (AvgIpc) is 2.54. The third kappa shape index (κ3) is 4.68. The van der Waals surface area contributed by atoms with Crippen LogP contribution in [0.25, 0.3) is 10.4 Å². The van der Waals surface area contributed by atoms with Crippen LogP contribution in [0, 0.1) is 12.3 Å². The second-order valence-corrected chi connectivity index (χ2v) is 8.01. The summed E-state index contributed by atoms with van der Waals surface area (Å²) in [7, 11) is -3.91. The van der Waals surface area contributed by atoms with Crippen molar-refractivity contribution < 1.29 is 22.1 Å². The van der Waals surface area contributed by atoms with Crippen molar-refractivity contribution in [2.24, 2.45) is 10.5 Å². The van der Waals surface area contributed by atoms with Gasteiger partial charge in [-0.05, 0) is 38.4 Å². The smallest absolute Gasteiger partial charge is 0.296 e. The van der Waals surface area contributed by atoms with Crippen LogP contribution in [0.15, 0.2) is 34.3 Å². The van der Waals surface area contributed by atoms with Crippen molar-refractivity contribution in [2.75, 3.05) is 26.4 Å². The molecule has 1 fully saturated rings. The standard InChI is InChI=1S/C15H21N3O5S/c1-12-4-6-13(7-5-12)24(19,20)23-11-15(8-17-18-16)9-21-14(2,3)22-10-15/h4-7H,8-11H2,1-3H3. The summed E-state index contributed by atoms with van der Waals surface area (Å²) in [6.45, 7) is 5.54. The summed E-state index contributed by atoms with van der Waals surface area (Å²) in [4.78, 5) is 2.81. The summed E-state index contributed by atoms with van der Waals surface area (Å²) in [5.41, 5.74) is 8.67. The van der Waals surface area contributed by atoms with Gasteiger partial charge >= 0.3 is 0 Å². The Morgan fingerprint density at radius 3 is 2.38 bits per heavy atom. The maximum atomic E-state index is 12.3. The van der Waals surface area contributed by atoms with Gasteiger partial charge in [-0.25, -0.2) is 0 Å². The molecule has 1 aliphatic rings. The van der Waals surface area contributed by atoms with Crippen molar-refractivity contribution >= 4 is 10.1 Å². The van der Waals surface area contributed by atoms with Crippen LogP contribution in [-0.4, -0.2) is 40.6 Å². The number of aryl methyl sites for hydroxylation is 1. The van der Waals surface area contributed by atoms with Crippen LogP contribution in [-0.2, 0) is 23.8 Å². The van der Waals surface area contributed by atoms with Gasteiger partial charge in [0.2, 0.25) is 0 Å². The van der Waals surface area contributed by atoms with E-state index in [4.69, 9.17) is 19.2 Å². The normalized spacial score (nSPS) is 19.5. The summed E-state index contributed by atoms with van der Waals surface area (Å²) in [6.07, 6.45) is 0. The number of hydrogen-bond acceptors (Lipinski definition) is 6. The fourth-order valence-corrected chi connectivity index (χ4v) is 3.13. The topological polar surface area (TPSA) is 111 Å². The Hall–Kier alpha value is -1.64. The molecule has 0 unspecified atom stereocenters. The van der Waals surface area contributed by atoms with E-state index in [2.05, 4.69) is 10.0 Å². The monoisotopic (exact) mass is 355 g/mol. The number of rotatable bonds is 6. The minimum absolute atomic E-state index is 0.0169. The maximum Gasteiger partial charge on any atom is 0.296 e. The van der Waals surface area contributed by atoms with E-state index in [9.17, 15) is 8.42 Å². The largest absolute Gasteiger partial charge is 0.350 e. The summed E-state index contributed by atoms with van der Waals surface area (Å²) in [5, 5.41) is 3.55. The minimum atomic E-state index is -3.91. The van der Waals surface area contributed by atoms with Crippen molar-refractivity contribution in [3.63, 3.8) is 0 Å². The predicted octanol–water partition coefficient (Wildman–Crippen LogP) is 2.78. The highest BCUT2D eigenvalue weighted by molar-refractivity contribution is 7.86. The zero-order valence-electron chi connectivity index (χ0n) is 13.9. The van der Waals surface area contributed by atoms with E-state index in [1.165, 1.54) is 12.1 Å². The molecule has 0 spiro atoms. The second kappa shape index (κ2) is 7.08. The summed E-state index contributed by atoms with van der Waals surface area (Å²) >= 11 is 0. The lowest BCUT2D eigenvalue weighted by atomic mass is 9.90. The van der Waals surface area contributed by atoms with Crippen LogP contribution in [0.1, 0.15) is 19.4 Å². The lowest BCUT2D eigenvalue weighted by Crippen LogP contribution is -2.50. The molecule has 132 valence electrons. The fourth-order valence-electron chi connectivity index (χ4n) is 2.11. The Labute approximate surface area is 141 Å². The first kappa shape index (κ1) is 18.7. The first-order chi connectivity index (χ1) is 11.2. The number of hydrogen-bond donors (Lipinski definition) is 0. The van der Waals surface area contributed by atoms with Crippen molar-refractivity contribution in [3.05, 3.63) is 40.3 Å². The van der Waals surface area contributed by atoms with Crippen LogP contribution < -0.4 is 0 Å². The number of nitrogens with zero attached hydrogens (tertiary/aromatic N) is 3. The van der Waals surface area contributed by atoms with Gasteiger partial charge in [0.1, 0.15) is 0 Å². The molecule has 0 atom stereocenters. The second-order valence-electron chi connectivity index (χ2n) is 6.40. The van der Waals surface area contributed by atoms with Crippen LogP contribution in [0.4, 0.5) is 0 Å². The molecule has 0 bridgehead atoms. The highest BCUT2D eigenvalue weighted by Crippen LogP contribution is 2.31. The van der Waals surface area contributed by atoms with E-state index in [1.807, 2.05) is 6.92 Å². The molecule has 2 rings (SSSR count). The molecule has 9 heteroatoms. The predicted molar refractivity (Wildman–Crippen MR) is 86.7 cm³/mol. The first-order valence-corrected chi connectivity index (χ1v) is 8.84. The van der Waals surface area contributed by atoms with Gasteiger partial charge in [-0.2, -0.15) is 8.42 Å². The molecule has 1 aromatic rings. The van der Waals surface area contributed by atoms with Gasteiger partial charge in [0.25, 0.3) is 10.1 Å². The van der Waals surface area contributed by atoms with Gasteiger partial charge in [0.15, 0.2) is 5.79 Å². The molecule has 24 heavy (non-hydrogen) atoms. The quantitative estimate of drug-likeness (QED) is 0.337. The van der Waals surface area contributed by atoms with Crippen molar-refractivity contribution in [2.45, 2.75) is 31.5 Å². The molecule has 1 heterocycles. The Kier molecular flexibility index (Phi) is 5.52. The van der Waals surface area contributed by atoms with E-state index in [-0.39, 0.29) is 31.3 Å². The van der Waals surface area contributed by atoms with Gasteiger partial charge in [0.05, 0.1) is 24.7 Å². The molecule has 1 aromatic carbocycles. The number of ether oxygens (including phenoxy) is 2. The molecular weight excluding hydrogens is 334 g/mol. The lowest BCUT2D eigenvalue weighted by Gasteiger charge is -2.42. The van der Waals surface area contributed by atoms with E-state index in [0.717, 1.165) is 5.56 Å². The first-order valence-electron chi connectivity index (χ1n) is 7.43. The van der Waals surface area contributed by atoms with Gasteiger partial charge in [-0.3, -0.25) is 4.18 Å². The van der Waals surface area contributed by atoms with Crippen molar-refractivity contribution in [1.29, 1.82) is 0 Å². The van der Waals surface area contributed by atoms with Crippen molar-refractivity contribution in [3.8, 4) is 0 Å². The van der Waals surface area contributed by atoms with Gasteiger partial charge in [0, 0.05) is 16.9 Å². The van der Waals surface area contributed by atoms with Crippen LogP contribution >= 0.6 is 0 Å². The molecular formula is C15H21N3O5S. The van der Waals surface area contributed by atoms with E-state index < -0.39 is 21.3 Å². The molecule has 0 N–H and O–H groups in total. The van der Waals surface area contributed by atoms with E-state index in [0.29, 0.717) is 0 Å². The summed E-state index contributed by atoms with van der Waals surface area (Å²) in [5.74, 6) is -0.768. The van der Waals surface area contributed by atoms with Gasteiger partial charge in [-0.1, -0.05) is 22.8 Å². The average molecular weight is 355 g/mol. The van der Waals surface area contributed by atoms with Crippen molar-refractivity contribution in [1.82, 2.24) is 0 Å². The molecule has 0 saturated carbocycles. The minimum Gasteiger partial charge on any atom is -0.350 e. The van der Waals surface area contributed by atoms with Crippen LogP contribution in [0.3, 0.4) is 0 Å². The highest BCUT2D eigenvalue weighted by Gasteiger charge is 2.41. The maximum absolute atomic E-state index is 12.3. The molecule has 0 aliphatic carbocycles. The molecule has 0 amide bonds. The van der Waals surface area contributed by atoms with Crippen LogP contribution in [0.2, 0.25) is 0 Å². The van der Waals surface area contributed by atoms with Gasteiger partial charge < -0.3 is 9.47 Å². The molecule has 8 nitrogen and oxygen atoms in total. The van der Waals surface area contributed by atoms with Crippen LogP contribution in [0.5, 0.6) is 0 Å². The third-order valence-corrected chi connectivity index (χ3v) is 5.03. The van der Waals surface area contributed by atoms with Gasteiger partial charge in [-0.15, -0.1) is 0 Å². The lowest BCUT2D eigenvalue weighted by molar-refractivity contribution is -0.286. The third-order valence-electron chi connectivity index (χ3n) is 3.75. The van der Waals surface area contributed by atoms with E-state index in [1.54, 1.807) is 26.0 Å². The Morgan fingerprint density at radius 1 is 1.25 bits per heavy atom. The molecule has 0 radical (unpaired) electrons. The Bertz CT molecular complexity index is 714. The summed E-state index contributed by atoms with van der Waals surface area (Å²) < 4.78 is 41.0. The zero-order chi connectivity index (χ0) is 17.8.